The summed E-state index contributed by atoms with van der Waals surface area (Å²) in [6.45, 7) is 7.06. The monoisotopic (exact) mass is 176 g/mol. The van der Waals surface area contributed by atoms with Crippen molar-refractivity contribution < 1.29 is 0 Å². The van der Waals surface area contributed by atoms with Crippen LogP contribution in [-0.4, -0.2) is 0 Å². The topological polar surface area (TPSA) is 0 Å². The molecule has 0 aliphatic rings. The van der Waals surface area contributed by atoms with E-state index >= 15 is 0 Å². The van der Waals surface area contributed by atoms with Crippen molar-refractivity contribution in [2.75, 3.05) is 0 Å². The van der Waals surface area contributed by atoms with Crippen LogP contribution in [0.15, 0.2) is 35.4 Å². The second kappa shape index (κ2) is 5.57. The van der Waals surface area contributed by atoms with Gasteiger partial charge in [0, 0.05) is 22.9 Å². The molecule has 0 aromatic rings. The van der Waals surface area contributed by atoms with Crippen LogP contribution in [0.2, 0.25) is 0 Å². The highest BCUT2D eigenvalue weighted by molar-refractivity contribution is 6.29. The molecule has 0 rings (SSSR count). The van der Waals surface area contributed by atoms with Gasteiger partial charge in [0.2, 0.25) is 0 Å². The molecule has 0 aromatic carbocycles. The van der Waals surface area contributed by atoms with E-state index in [2.05, 4.69) is 13.2 Å². The molecule has 0 unspecified atom stereocenters. The average molecular weight is 177 g/mol. The van der Waals surface area contributed by atoms with Gasteiger partial charge in [-0.05, 0) is 0 Å². The van der Waals surface area contributed by atoms with E-state index in [1.807, 2.05) is 12.2 Å². The van der Waals surface area contributed by atoms with Gasteiger partial charge < -0.3 is 0 Å². The van der Waals surface area contributed by atoms with E-state index in [9.17, 15) is 0 Å². The van der Waals surface area contributed by atoms with Gasteiger partial charge in [0.05, 0.1) is 0 Å². The van der Waals surface area contributed by atoms with Gasteiger partial charge in [-0.25, -0.2) is 0 Å². The van der Waals surface area contributed by atoms with Gasteiger partial charge in [0.15, 0.2) is 0 Å². The van der Waals surface area contributed by atoms with Gasteiger partial charge in [-0.2, -0.15) is 0 Å². The molecular formula is C8H10Cl2. The Morgan fingerprint density at radius 1 is 1.00 bits per heavy atom. The largest absolute Gasteiger partial charge is 0.0895 e. The lowest BCUT2D eigenvalue weighted by Crippen LogP contribution is -1.66. The zero-order valence-electron chi connectivity index (χ0n) is 5.74. The fourth-order valence-electron chi connectivity index (χ4n) is 0.422. The molecule has 0 heterocycles. The third-order valence-electron chi connectivity index (χ3n) is 0.845. The highest BCUT2D eigenvalue weighted by atomic mass is 35.5. The predicted molar refractivity (Wildman–Crippen MR) is 48.4 cm³/mol. The first-order valence-corrected chi connectivity index (χ1v) is 3.70. The quantitative estimate of drug-likeness (QED) is 0.572. The van der Waals surface area contributed by atoms with Crippen LogP contribution in [0.1, 0.15) is 12.8 Å². The third-order valence-corrected chi connectivity index (χ3v) is 1.15. The van der Waals surface area contributed by atoms with Crippen molar-refractivity contribution >= 4 is 23.2 Å². The predicted octanol–water partition coefficient (Wildman–Crippen LogP) is 3.83. The Morgan fingerprint density at radius 2 is 1.30 bits per heavy atom. The van der Waals surface area contributed by atoms with Crippen molar-refractivity contribution in [2.24, 2.45) is 0 Å². The molecule has 0 saturated carbocycles. The molecule has 0 fully saturated rings. The summed E-state index contributed by atoms with van der Waals surface area (Å²) in [6.07, 6.45) is 5.24. The minimum absolute atomic E-state index is 0.636. The maximum atomic E-state index is 5.49. The molecule has 0 radical (unpaired) electrons. The van der Waals surface area contributed by atoms with Gasteiger partial charge in [-0.15, -0.1) is 0 Å². The summed E-state index contributed by atoms with van der Waals surface area (Å²) in [6, 6.07) is 0. The second-order valence-electron chi connectivity index (χ2n) is 1.91. The van der Waals surface area contributed by atoms with Crippen LogP contribution in [0.25, 0.3) is 0 Å². The van der Waals surface area contributed by atoms with Gasteiger partial charge in [0.25, 0.3) is 0 Å². The lowest BCUT2D eigenvalue weighted by atomic mass is 10.3. The Balaban J connectivity index is 3.38. The van der Waals surface area contributed by atoms with Gasteiger partial charge >= 0.3 is 0 Å². The normalized spacial score (nSPS) is 10.2. The highest BCUT2D eigenvalue weighted by Crippen LogP contribution is 2.07. The average Bonchev–Trinajstić information content (AvgIpc) is 1.79. The van der Waals surface area contributed by atoms with E-state index in [0.717, 1.165) is 0 Å². The van der Waals surface area contributed by atoms with Crippen molar-refractivity contribution in [2.45, 2.75) is 12.8 Å². The molecular weight excluding hydrogens is 167 g/mol. The van der Waals surface area contributed by atoms with E-state index in [1.165, 1.54) is 0 Å². The molecule has 0 spiro atoms. The summed E-state index contributed by atoms with van der Waals surface area (Å²) < 4.78 is 0. The number of hydrogen-bond donors (Lipinski definition) is 0. The Labute approximate surface area is 71.8 Å². The maximum Gasteiger partial charge on any atom is 0.0146 e. The van der Waals surface area contributed by atoms with Gasteiger partial charge in [-0.1, -0.05) is 48.5 Å². The van der Waals surface area contributed by atoms with Crippen LogP contribution in [0.4, 0.5) is 0 Å². The van der Waals surface area contributed by atoms with Crippen LogP contribution in [0.5, 0.6) is 0 Å². The Hall–Kier alpha value is -0.200. The molecule has 56 valence electrons. The Bertz CT molecular complexity index is 139. The highest BCUT2D eigenvalue weighted by Gasteiger charge is 1.83. The van der Waals surface area contributed by atoms with E-state index in [1.54, 1.807) is 0 Å². The lowest BCUT2D eigenvalue weighted by molar-refractivity contribution is 1.29. The third kappa shape index (κ3) is 7.80. The number of rotatable bonds is 4. The summed E-state index contributed by atoms with van der Waals surface area (Å²) >= 11 is 11.0. The summed E-state index contributed by atoms with van der Waals surface area (Å²) in [4.78, 5) is 0. The Kier molecular flexibility index (Phi) is 5.46. The number of hydrogen-bond acceptors (Lipinski definition) is 0. The number of halogens is 2. The van der Waals surface area contributed by atoms with Crippen molar-refractivity contribution in [3.8, 4) is 0 Å². The summed E-state index contributed by atoms with van der Waals surface area (Å²) in [5, 5.41) is 1.27. The summed E-state index contributed by atoms with van der Waals surface area (Å²) in [5.41, 5.74) is 0. The molecule has 0 aliphatic carbocycles. The summed E-state index contributed by atoms with van der Waals surface area (Å²) in [5.74, 6) is 0. The molecule has 0 nitrogen and oxygen atoms in total. The van der Waals surface area contributed by atoms with E-state index in [-0.39, 0.29) is 0 Å². The van der Waals surface area contributed by atoms with E-state index < -0.39 is 0 Å². The van der Waals surface area contributed by atoms with Gasteiger partial charge in [0.1, 0.15) is 0 Å². The smallest absolute Gasteiger partial charge is 0.0146 e. The first kappa shape index (κ1) is 9.80. The fraction of sp³-hybridized carbons (Fsp3) is 0.250. The van der Waals surface area contributed by atoms with Crippen molar-refractivity contribution in [3.63, 3.8) is 0 Å². The Morgan fingerprint density at radius 3 is 1.50 bits per heavy atom. The molecule has 2 heteroatoms. The summed E-state index contributed by atoms with van der Waals surface area (Å²) in [7, 11) is 0. The minimum Gasteiger partial charge on any atom is -0.0895 e. The second-order valence-corrected chi connectivity index (χ2v) is 2.98. The van der Waals surface area contributed by atoms with E-state index in [4.69, 9.17) is 23.2 Å². The standard InChI is InChI=1S/C8H10Cl2/c1-7(9)5-3-4-6-8(2)10/h3-4H,1-2,5-6H2. The molecule has 0 aliphatic heterocycles. The minimum atomic E-state index is 0.636. The zero-order chi connectivity index (χ0) is 7.98. The fourth-order valence-corrected chi connectivity index (χ4v) is 0.601. The van der Waals surface area contributed by atoms with Crippen LogP contribution in [0, 0.1) is 0 Å². The molecule has 0 bridgehead atoms. The van der Waals surface area contributed by atoms with Crippen molar-refractivity contribution in [1.82, 2.24) is 0 Å². The maximum absolute atomic E-state index is 5.49. The SMILES string of the molecule is C=C(Cl)CC=CCC(=C)Cl. The van der Waals surface area contributed by atoms with E-state index in [0.29, 0.717) is 22.9 Å². The molecule has 0 N–H and O–H groups in total. The molecule has 10 heavy (non-hydrogen) atoms. The molecule has 0 saturated heterocycles. The number of allylic oxidation sites excluding steroid dienone is 4. The molecule has 0 atom stereocenters. The lowest BCUT2D eigenvalue weighted by Gasteiger charge is -1.87. The van der Waals surface area contributed by atoms with Crippen LogP contribution in [-0.2, 0) is 0 Å². The van der Waals surface area contributed by atoms with Crippen LogP contribution < -0.4 is 0 Å². The molecule has 0 aromatic heterocycles. The first-order valence-electron chi connectivity index (χ1n) is 2.94. The van der Waals surface area contributed by atoms with Crippen molar-refractivity contribution in [1.29, 1.82) is 0 Å². The molecule has 0 amide bonds. The first-order chi connectivity index (χ1) is 4.63. The van der Waals surface area contributed by atoms with Crippen LogP contribution in [0.3, 0.4) is 0 Å². The van der Waals surface area contributed by atoms with Crippen molar-refractivity contribution in [3.05, 3.63) is 35.4 Å². The van der Waals surface area contributed by atoms with Crippen LogP contribution >= 0.6 is 23.2 Å². The zero-order valence-corrected chi connectivity index (χ0v) is 7.25. The van der Waals surface area contributed by atoms with Gasteiger partial charge in [-0.3, -0.25) is 0 Å².